The summed E-state index contributed by atoms with van der Waals surface area (Å²) in [6.07, 6.45) is 1.52. The Balaban J connectivity index is 1.76. The normalized spacial score (nSPS) is 10.6. The first-order valence-corrected chi connectivity index (χ1v) is 9.43. The predicted octanol–water partition coefficient (Wildman–Crippen LogP) is 2.80. The highest BCUT2D eigenvalue weighted by Gasteiger charge is 2.20. The number of methoxy groups -OCH3 is 1. The van der Waals surface area contributed by atoms with Gasteiger partial charge in [-0.2, -0.15) is 5.10 Å². The number of hydrogen-bond donors (Lipinski definition) is 1. The lowest BCUT2D eigenvalue weighted by molar-refractivity contribution is -0.114. The van der Waals surface area contributed by atoms with E-state index in [0.29, 0.717) is 15.8 Å². The lowest BCUT2D eigenvalue weighted by atomic mass is 10.3. The number of Topliss-reactive ketones (excluding diaryl/α,β-unsaturated/α-hetero) is 1. The van der Waals surface area contributed by atoms with Crippen molar-refractivity contribution in [3.63, 3.8) is 0 Å². The van der Waals surface area contributed by atoms with E-state index in [4.69, 9.17) is 4.74 Å². The molecule has 0 saturated heterocycles. The van der Waals surface area contributed by atoms with E-state index in [1.165, 1.54) is 60.9 Å². The van der Waals surface area contributed by atoms with Crippen molar-refractivity contribution in [1.82, 2.24) is 20.0 Å². The first kappa shape index (κ1) is 19.0. The molecule has 0 aliphatic rings. The second kappa shape index (κ2) is 8.27. The average Bonchev–Trinajstić information content (AvgIpc) is 3.27. The maximum absolute atomic E-state index is 13.1. The fourth-order valence-corrected chi connectivity index (χ4v) is 3.58. The van der Waals surface area contributed by atoms with Crippen LogP contribution in [0.3, 0.4) is 0 Å². The van der Waals surface area contributed by atoms with Crippen LogP contribution in [-0.2, 0) is 4.79 Å². The molecule has 11 heteroatoms. The second-order valence-electron chi connectivity index (χ2n) is 5.29. The number of benzene rings is 1. The molecule has 0 bridgehead atoms. The maximum Gasteiger partial charge on any atom is 0.281 e. The number of carbonyl (C=O) groups is 2. The molecule has 2 aromatic heterocycles. The third kappa shape index (κ3) is 4.68. The van der Waals surface area contributed by atoms with Crippen LogP contribution < -0.4 is 10.1 Å². The van der Waals surface area contributed by atoms with Gasteiger partial charge in [0, 0.05) is 0 Å². The standard InChI is InChI=1S/C16H14FN5O3S2/c1-9(23)8-26-16-20-19-15(27-16)18-14(24)13-12(25-2)7-22(21-13)11-5-3-10(17)4-6-11/h3-7H,8H2,1-2H3,(H,18,19,24). The molecule has 0 spiro atoms. The van der Waals surface area contributed by atoms with Gasteiger partial charge in [-0.1, -0.05) is 23.1 Å². The molecule has 1 aromatic carbocycles. The van der Waals surface area contributed by atoms with Crippen LogP contribution in [0.25, 0.3) is 5.69 Å². The van der Waals surface area contributed by atoms with E-state index in [2.05, 4.69) is 20.6 Å². The molecule has 0 unspecified atom stereocenters. The van der Waals surface area contributed by atoms with E-state index >= 15 is 0 Å². The Hall–Kier alpha value is -2.79. The minimum absolute atomic E-state index is 0.0249. The van der Waals surface area contributed by atoms with E-state index in [0.717, 1.165) is 11.3 Å². The van der Waals surface area contributed by atoms with E-state index in [-0.39, 0.29) is 28.2 Å². The summed E-state index contributed by atoms with van der Waals surface area (Å²) >= 11 is 2.41. The summed E-state index contributed by atoms with van der Waals surface area (Å²) in [7, 11) is 1.42. The summed E-state index contributed by atoms with van der Waals surface area (Å²) in [5, 5.41) is 14.9. The lowest BCUT2D eigenvalue weighted by Gasteiger charge is -2.00. The van der Waals surface area contributed by atoms with Crippen molar-refractivity contribution in [2.75, 3.05) is 18.2 Å². The number of amides is 1. The number of ether oxygens (including phenoxy) is 1. The van der Waals surface area contributed by atoms with Gasteiger partial charge in [-0.25, -0.2) is 9.07 Å². The first-order chi connectivity index (χ1) is 13.0. The number of anilines is 1. The third-order valence-corrected chi connectivity index (χ3v) is 5.35. The Morgan fingerprint density at radius 2 is 2.04 bits per heavy atom. The fourth-order valence-electron chi connectivity index (χ4n) is 2.03. The molecule has 8 nitrogen and oxygen atoms in total. The summed E-state index contributed by atoms with van der Waals surface area (Å²) < 4.78 is 20.3. The maximum atomic E-state index is 13.1. The molecule has 27 heavy (non-hydrogen) atoms. The first-order valence-electron chi connectivity index (χ1n) is 7.63. The van der Waals surface area contributed by atoms with Crippen LogP contribution >= 0.6 is 23.1 Å². The molecule has 0 aliphatic heterocycles. The second-order valence-corrected chi connectivity index (χ2v) is 7.48. The Kier molecular flexibility index (Phi) is 5.81. The zero-order valence-corrected chi connectivity index (χ0v) is 15.9. The zero-order chi connectivity index (χ0) is 19.4. The van der Waals surface area contributed by atoms with Crippen molar-refractivity contribution in [1.29, 1.82) is 0 Å². The van der Waals surface area contributed by atoms with Crippen molar-refractivity contribution in [3.8, 4) is 11.4 Å². The molecule has 3 aromatic rings. The van der Waals surface area contributed by atoms with E-state index in [9.17, 15) is 14.0 Å². The lowest BCUT2D eigenvalue weighted by Crippen LogP contribution is -2.14. The number of hydrogen-bond acceptors (Lipinski definition) is 8. The number of thioether (sulfide) groups is 1. The Morgan fingerprint density at radius 1 is 1.30 bits per heavy atom. The minimum atomic E-state index is -0.521. The van der Waals surface area contributed by atoms with Crippen molar-refractivity contribution in [3.05, 3.63) is 42.0 Å². The van der Waals surface area contributed by atoms with Crippen molar-refractivity contribution in [2.45, 2.75) is 11.3 Å². The van der Waals surface area contributed by atoms with Gasteiger partial charge in [0.05, 0.1) is 24.7 Å². The smallest absolute Gasteiger partial charge is 0.281 e. The van der Waals surface area contributed by atoms with Gasteiger partial charge in [0.2, 0.25) is 5.13 Å². The number of aromatic nitrogens is 4. The van der Waals surface area contributed by atoms with Crippen LogP contribution in [0.5, 0.6) is 5.75 Å². The SMILES string of the molecule is COc1cn(-c2ccc(F)cc2)nc1C(=O)Nc1nnc(SCC(C)=O)s1. The van der Waals surface area contributed by atoms with Gasteiger partial charge in [-0.05, 0) is 31.2 Å². The van der Waals surface area contributed by atoms with Gasteiger partial charge < -0.3 is 4.74 Å². The minimum Gasteiger partial charge on any atom is -0.493 e. The number of nitrogens with one attached hydrogen (secondary N) is 1. The van der Waals surface area contributed by atoms with Crippen LogP contribution in [0.2, 0.25) is 0 Å². The summed E-state index contributed by atoms with van der Waals surface area (Å²) in [5.74, 6) is -0.319. The van der Waals surface area contributed by atoms with Crippen molar-refractivity contribution >= 4 is 39.9 Å². The van der Waals surface area contributed by atoms with E-state index in [1.807, 2.05) is 0 Å². The van der Waals surface area contributed by atoms with Gasteiger partial charge in [-0.15, -0.1) is 10.2 Å². The molecule has 3 rings (SSSR count). The average molecular weight is 407 g/mol. The number of nitrogens with zero attached hydrogens (tertiary/aromatic N) is 4. The number of halogens is 1. The van der Waals surface area contributed by atoms with Gasteiger partial charge in [0.15, 0.2) is 15.8 Å². The van der Waals surface area contributed by atoms with Crippen LogP contribution in [0.1, 0.15) is 17.4 Å². The summed E-state index contributed by atoms with van der Waals surface area (Å²) in [6.45, 7) is 1.49. The molecular formula is C16H14FN5O3S2. The van der Waals surface area contributed by atoms with Crippen LogP contribution in [0.15, 0.2) is 34.8 Å². The zero-order valence-electron chi connectivity index (χ0n) is 14.3. The highest BCUT2D eigenvalue weighted by atomic mass is 32.2. The Bertz CT molecular complexity index is 971. The van der Waals surface area contributed by atoms with E-state index in [1.54, 1.807) is 0 Å². The number of rotatable bonds is 7. The Morgan fingerprint density at radius 3 is 2.70 bits per heavy atom. The number of carbonyl (C=O) groups excluding carboxylic acids is 2. The Labute approximate surface area is 161 Å². The largest absolute Gasteiger partial charge is 0.493 e. The number of ketones is 1. The molecule has 0 radical (unpaired) electrons. The summed E-state index contributed by atoms with van der Waals surface area (Å²) in [5.41, 5.74) is 0.627. The van der Waals surface area contributed by atoms with Crippen molar-refractivity contribution in [2.24, 2.45) is 0 Å². The van der Waals surface area contributed by atoms with Crippen molar-refractivity contribution < 1.29 is 18.7 Å². The predicted molar refractivity (Wildman–Crippen MR) is 99.3 cm³/mol. The highest BCUT2D eigenvalue weighted by molar-refractivity contribution is 8.01. The molecule has 140 valence electrons. The molecule has 0 atom stereocenters. The molecule has 0 aliphatic carbocycles. The molecule has 0 saturated carbocycles. The monoisotopic (exact) mass is 407 g/mol. The van der Waals surface area contributed by atoms with Gasteiger partial charge in [-0.3, -0.25) is 14.9 Å². The third-order valence-electron chi connectivity index (χ3n) is 3.23. The molecule has 2 heterocycles. The molecular weight excluding hydrogens is 393 g/mol. The molecule has 0 fully saturated rings. The molecule has 1 amide bonds. The quantitative estimate of drug-likeness (QED) is 0.475. The summed E-state index contributed by atoms with van der Waals surface area (Å²) in [6, 6.07) is 5.66. The fraction of sp³-hybridized carbons (Fsp3) is 0.188. The summed E-state index contributed by atoms with van der Waals surface area (Å²) in [4.78, 5) is 23.5. The molecule has 1 N–H and O–H groups in total. The highest BCUT2D eigenvalue weighted by Crippen LogP contribution is 2.27. The van der Waals surface area contributed by atoms with Crippen LogP contribution in [-0.4, -0.2) is 44.5 Å². The van der Waals surface area contributed by atoms with E-state index < -0.39 is 5.91 Å². The van der Waals surface area contributed by atoms with Gasteiger partial charge >= 0.3 is 0 Å². The van der Waals surface area contributed by atoms with Crippen LogP contribution in [0.4, 0.5) is 9.52 Å². The van der Waals surface area contributed by atoms with Crippen LogP contribution in [0, 0.1) is 5.82 Å². The van der Waals surface area contributed by atoms with Gasteiger partial charge in [0.1, 0.15) is 11.6 Å². The van der Waals surface area contributed by atoms with Gasteiger partial charge in [0.25, 0.3) is 5.91 Å². The topological polar surface area (TPSA) is 99.0 Å².